The summed E-state index contributed by atoms with van der Waals surface area (Å²) in [4.78, 5) is 0.154. The van der Waals surface area contributed by atoms with Gasteiger partial charge in [-0.2, -0.15) is 0 Å². The maximum atomic E-state index is 11.9. The topological polar surface area (TPSA) is 74.3 Å². The van der Waals surface area contributed by atoms with E-state index >= 15 is 0 Å². The zero-order valence-corrected chi connectivity index (χ0v) is 12.9. The number of benzene rings is 1. The second kappa shape index (κ2) is 5.35. The molecule has 1 heterocycles. The molecule has 5 nitrogen and oxygen atoms in total. The van der Waals surface area contributed by atoms with E-state index in [1.54, 1.807) is 12.3 Å². The van der Waals surface area contributed by atoms with Crippen molar-refractivity contribution in [3.8, 4) is 5.75 Å². The monoisotopic (exact) mass is 308 g/mol. The number of hydrogen-bond acceptors (Lipinski definition) is 3. The van der Waals surface area contributed by atoms with Gasteiger partial charge >= 0.3 is 0 Å². The minimum atomic E-state index is -3.77. The zero-order valence-electron chi connectivity index (χ0n) is 12.1. The molecule has 1 fully saturated rings. The Bertz CT molecular complexity index is 761. The Hall–Kier alpha value is -1.53. The first kappa shape index (κ1) is 14.4. The van der Waals surface area contributed by atoms with Gasteiger partial charge in [-0.05, 0) is 37.8 Å². The van der Waals surface area contributed by atoms with E-state index in [4.69, 9.17) is 9.88 Å². The highest BCUT2D eigenvalue weighted by molar-refractivity contribution is 7.89. The first-order chi connectivity index (χ1) is 10.0. The Morgan fingerprint density at radius 1 is 1.38 bits per heavy atom. The Morgan fingerprint density at radius 3 is 2.71 bits per heavy atom. The van der Waals surface area contributed by atoms with E-state index in [-0.39, 0.29) is 4.90 Å². The van der Waals surface area contributed by atoms with E-state index in [2.05, 4.69) is 0 Å². The molecule has 0 radical (unpaired) electrons. The predicted octanol–water partition coefficient (Wildman–Crippen LogP) is 2.49. The maximum Gasteiger partial charge on any atom is 0.240 e. The third-order valence-electron chi connectivity index (χ3n) is 4.12. The van der Waals surface area contributed by atoms with Crippen molar-refractivity contribution in [2.45, 2.75) is 37.6 Å². The predicted molar refractivity (Wildman–Crippen MR) is 81.8 cm³/mol. The van der Waals surface area contributed by atoms with Gasteiger partial charge in [0.25, 0.3) is 0 Å². The van der Waals surface area contributed by atoms with Crippen LogP contribution in [0.3, 0.4) is 0 Å². The number of nitrogens with zero attached hydrogens (tertiary/aromatic N) is 1. The number of primary sulfonamides is 1. The van der Waals surface area contributed by atoms with Gasteiger partial charge in [0.05, 0.1) is 17.5 Å². The van der Waals surface area contributed by atoms with Gasteiger partial charge in [-0.3, -0.25) is 0 Å². The number of ether oxygens (including phenoxy) is 1. The summed E-state index contributed by atoms with van der Waals surface area (Å²) in [5, 5.41) is 5.98. The average molecular weight is 308 g/mol. The van der Waals surface area contributed by atoms with Gasteiger partial charge < -0.3 is 9.30 Å². The maximum absolute atomic E-state index is 11.9. The van der Waals surface area contributed by atoms with Crippen molar-refractivity contribution < 1.29 is 13.2 Å². The normalized spacial score (nSPS) is 16.1. The first-order valence-corrected chi connectivity index (χ1v) is 8.82. The lowest BCUT2D eigenvalue weighted by atomic mass is 9.85. The number of nitrogens with two attached hydrogens (primary N) is 1. The molecule has 1 aromatic heterocycles. The summed E-state index contributed by atoms with van der Waals surface area (Å²) in [5.74, 6) is 1.20. The van der Waals surface area contributed by atoms with Crippen LogP contribution < -0.4 is 9.88 Å². The third-order valence-corrected chi connectivity index (χ3v) is 5.04. The van der Waals surface area contributed by atoms with E-state index in [0.29, 0.717) is 23.7 Å². The number of aromatic nitrogens is 1. The smallest absolute Gasteiger partial charge is 0.240 e. The van der Waals surface area contributed by atoms with Crippen LogP contribution in [0.15, 0.2) is 29.3 Å². The second-order valence-corrected chi connectivity index (χ2v) is 7.10. The van der Waals surface area contributed by atoms with Gasteiger partial charge in [0.2, 0.25) is 10.0 Å². The Kier molecular flexibility index (Phi) is 3.67. The van der Waals surface area contributed by atoms with Gasteiger partial charge in [-0.1, -0.05) is 12.5 Å². The molecule has 0 unspecified atom stereocenters. The Labute approximate surface area is 124 Å². The van der Waals surface area contributed by atoms with Crippen molar-refractivity contribution in [2.24, 2.45) is 11.1 Å². The summed E-state index contributed by atoms with van der Waals surface area (Å²) in [6.07, 6.45) is 5.32. The molecule has 0 amide bonds. The molecule has 21 heavy (non-hydrogen) atoms. The summed E-state index contributed by atoms with van der Waals surface area (Å²) in [7, 11) is -3.77. The molecule has 0 atom stereocenters. The molecule has 3 rings (SSSR count). The lowest BCUT2D eigenvalue weighted by molar-refractivity contribution is 0.279. The second-order valence-electron chi connectivity index (χ2n) is 5.57. The minimum absolute atomic E-state index is 0.154. The quantitative estimate of drug-likeness (QED) is 0.922. The standard InChI is InChI=1S/C15H20N2O3S/c1-2-20-13-8-4-7-12-15(13)14(21(16,18)19)10-17(12)9-11-5-3-6-11/h4,7-8,10-11H,2-3,5-6,9H2,1H3,(H2,16,18,19). The lowest BCUT2D eigenvalue weighted by Crippen LogP contribution is -2.17. The van der Waals surface area contributed by atoms with E-state index in [9.17, 15) is 8.42 Å². The van der Waals surface area contributed by atoms with Crippen molar-refractivity contribution in [3.05, 3.63) is 24.4 Å². The fourth-order valence-corrected chi connectivity index (χ4v) is 3.64. The average Bonchev–Trinajstić information content (AvgIpc) is 2.74. The molecule has 2 aromatic rings. The van der Waals surface area contributed by atoms with Gasteiger partial charge in [-0.25, -0.2) is 13.6 Å². The molecule has 114 valence electrons. The van der Waals surface area contributed by atoms with Gasteiger partial charge in [0, 0.05) is 12.7 Å². The fraction of sp³-hybridized carbons (Fsp3) is 0.467. The van der Waals surface area contributed by atoms with Crippen molar-refractivity contribution in [3.63, 3.8) is 0 Å². The first-order valence-electron chi connectivity index (χ1n) is 7.28. The molecule has 1 aromatic carbocycles. The highest BCUT2D eigenvalue weighted by Crippen LogP contribution is 2.35. The van der Waals surface area contributed by atoms with Crippen LogP contribution in [-0.4, -0.2) is 19.6 Å². The van der Waals surface area contributed by atoms with Crippen molar-refractivity contribution >= 4 is 20.9 Å². The highest BCUT2D eigenvalue weighted by Gasteiger charge is 2.24. The van der Waals surface area contributed by atoms with Gasteiger partial charge in [0.1, 0.15) is 10.6 Å². The van der Waals surface area contributed by atoms with Crippen molar-refractivity contribution in [1.82, 2.24) is 4.57 Å². The molecule has 0 saturated heterocycles. The molecule has 1 aliphatic carbocycles. The number of hydrogen-bond donors (Lipinski definition) is 1. The lowest BCUT2D eigenvalue weighted by Gasteiger charge is -2.26. The Morgan fingerprint density at radius 2 is 2.14 bits per heavy atom. The molecular formula is C15H20N2O3S. The molecule has 0 aliphatic heterocycles. The summed E-state index contributed by atoms with van der Waals surface area (Å²) >= 11 is 0. The van der Waals surface area contributed by atoms with Crippen molar-refractivity contribution in [1.29, 1.82) is 0 Å². The molecule has 1 aliphatic rings. The van der Waals surface area contributed by atoms with E-state index in [1.165, 1.54) is 19.3 Å². The molecule has 0 bridgehead atoms. The number of rotatable bonds is 5. The van der Waals surface area contributed by atoms with Crippen LogP contribution in [0.1, 0.15) is 26.2 Å². The van der Waals surface area contributed by atoms with Gasteiger partial charge in [-0.15, -0.1) is 0 Å². The van der Waals surface area contributed by atoms with Crippen LogP contribution in [-0.2, 0) is 16.6 Å². The van der Waals surface area contributed by atoms with E-state index < -0.39 is 10.0 Å². The number of fused-ring (bicyclic) bond motifs is 1. The van der Waals surface area contributed by atoms with Gasteiger partial charge in [0.15, 0.2) is 0 Å². The molecule has 1 saturated carbocycles. The molecule has 2 N–H and O–H groups in total. The minimum Gasteiger partial charge on any atom is -0.493 e. The third kappa shape index (κ3) is 2.65. The van der Waals surface area contributed by atoms with Crippen LogP contribution in [0.5, 0.6) is 5.75 Å². The van der Waals surface area contributed by atoms with E-state index in [0.717, 1.165) is 12.1 Å². The largest absolute Gasteiger partial charge is 0.493 e. The molecular weight excluding hydrogens is 288 g/mol. The zero-order chi connectivity index (χ0) is 15.0. The van der Waals surface area contributed by atoms with E-state index in [1.807, 2.05) is 23.6 Å². The Balaban J connectivity index is 2.18. The van der Waals surface area contributed by atoms with Crippen LogP contribution in [0.4, 0.5) is 0 Å². The fourth-order valence-electron chi connectivity index (χ4n) is 2.88. The molecule has 6 heteroatoms. The summed E-state index contributed by atoms with van der Waals surface area (Å²) in [5.41, 5.74) is 0.872. The van der Waals surface area contributed by atoms with Crippen LogP contribution >= 0.6 is 0 Å². The summed E-state index contributed by atoms with van der Waals surface area (Å²) < 4.78 is 31.4. The summed E-state index contributed by atoms with van der Waals surface area (Å²) in [6, 6.07) is 5.59. The van der Waals surface area contributed by atoms with Crippen molar-refractivity contribution in [2.75, 3.05) is 6.61 Å². The van der Waals surface area contributed by atoms with Crippen LogP contribution in [0.2, 0.25) is 0 Å². The highest BCUT2D eigenvalue weighted by atomic mass is 32.2. The number of sulfonamides is 1. The van der Waals surface area contributed by atoms with Crippen LogP contribution in [0.25, 0.3) is 10.9 Å². The van der Waals surface area contributed by atoms with Crippen LogP contribution in [0, 0.1) is 5.92 Å². The molecule has 0 spiro atoms. The SMILES string of the molecule is CCOc1cccc2c1c(S(N)(=O)=O)cn2CC1CCC1. The summed E-state index contributed by atoms with van der Waals surface area (Å²) in [6.45, 7) is 3.19.